The fourth-order valence-electron chi connectivity index (χ4n) is 1.65. The molecule has 0 unspecified atom stereocenters. The van der Waals surface area contributed by atoms with Crippen LogP contribution in [0.5, 0.6) is 0 Å². The minimum absolute atomic E-state index is 0.0105. The molecule has 1 heterocycles. The van der Waals surface area contributed by atoms with Gasteiger partial charge in [0.2, 0.25) is 5.91 Å². The lowest BCUT2D eigenvalue weighted by Gasteiger charge is -2.17. The van der Waals surface area contributed by atoms with Gasteiger partial charge in [-0.05, 0) is 5.75 Å². The molecule has 0 saturated heterocycles. The van der Waals surface area contributed by atoms with Gasteiger partial charge in [-0.1, -0.05) is 81.1 Å². The van der Waals surface area contributed by atoms with Crippen molar-refractivity contribution in [3.05, 3.63) is 30.3 Å². The predicted molar refractivity (Wildman–Crippen MR) is 92.0 cm³/mol. The fraction of sp³-hybridized carbons (Fsp3) is 0.375. The number of nitrogens with one attached hydrogen (secondary N) is 1. The van der Waals surface area contributed by atoms with Crippen molar-refractivity contribution < 1.29 is 4.79 Å². The van der Waals surface area contributed by atoms with Crippen molar-refractivity contribution in [3.8, 4) is 11.3 Å². The molecule has 0 saturated carbocycles. The van der Waals surface area contributed by atoms with E-state index in [1.807, 2.05) is 51.1 Å². The van der Waals surface area contributed by atoms with Crippen LogP contribution in [0.2, 0.25) is 0 Å². The maximum atomic E-state index is 12.2. The average Bonchev–Trinajstić information content (AvgIpc) is 2.82. The van der Waals surface area contributed by atoms with Crippen molar-refractivity contribution in [1.82, 2.24) is 4.98 Å². The number of carbonyl (C=O) groups excluding carboxylic acids is 1. The monoisotopic (exact) mass is 320 g/mol. The Morgan fingerprint density at radius 3 is 2.52 bits per heavy atom. The first kappa shape index (κ1) is 16.0. The van der Waals surface area contributed by atoms with E-state index >= 15 is 0 Å². The molecule has 0 fully saturated rings. The Balaban J connectivity index is 2.37. The molecule has 5 heteroatoms. The average molecular weight is 320 g/mol. The van der Waals surface area contributed by atoms with Gasteiger partial charge in [0.05, 0.1) is 0 Å². The maximum Gasteiger partial charge on any atom is 0.230 e. The third-order valence-electron chi connectivity index (χ3n) is 2.83. The highest BCUT2D eigenvalue weighted by Gasteiger charge is 2.24. The van der Waals surface area contributed by atoms with Gasteiger partial charge in [0.15, 0.2) is 4.34 Å². The summed E-state index contributed by atoms with van der Waals surface area (Å²) in [6.07, 6.45) is 0. The Kier molecular flexibility index (Phi) is 5.06. The topological polar surface area (TPSA) is 42.0 Å². The number of carbonyl (C=O) groups is 1. The first-order valence-corrected chi connectivity index (χ1v) is 8.72. The van der Waals surface area contributed by atoms with Crippen LogP contribution < -0.4 is 5.32 Å². The highest BCUT2D eigenvalue weighted by atomic mass is 32.2. The van der Waals surface area contributed by atoms with Crippen LogP contribution in [0.4, 0.5) is 5.00 Å². The summed E-state index contributed by atoms with van der Waals surface area (Å²) in [7, 11) is 0. The van der Waals surface area contributed by atoms with Crippen LogP contribution in [0.25, 0.3) is 11.3 Å². The molecule has 0 bridgehead atoms. The molecule has 2 aromatic rings. The summed E-state index contributed by atoms with van der Waals surface area (Å²) in [4.78, 5) is 16.9. The minimum Gasteiger partial charge on any atom is -0.315 e. The molecule has 1 amide bonds. The zero-order valence-electron chi connectivity index (χ0n) is 12.8. The minimum atomic E-state index is -0.421. The molecule has 0 aliphatic heterocycles. The fourth-order valence-corrected chi connectivity index (χ4v) is 3.61. The summed E-state index contributed by atoms with van der Waals surface area (Å²) in [5, 5.41) is 3.86. The van der Waals surface area contributed by atoms with Crippen molar-refractivity contribution in [2.24, 2.45) is 5.41 Å². The molecule has 0 atom stereocenters. The summed E-state index contributed by atoms with van der Waals surface area (Å²) < 4.78 is 0.987. The van der Waals surface area contributed by atoms with E-state index in [0.717, 1.165) is 26.4 Å². The number of hydrogen-bond acceptors (Lipinski definition) is 4. The Labute approximate surface area is 134 Å². The molecule has 21 heavy (non-hydrogen) atoms. The van der Waals surface area contributed by atoms with Crippen LogP contribution in [0.3, 0.4) is 0 Å². The lowest BCUT2D eigenvalue weighted by atomic mass is 9.96. The number of anilines is 1. The van der Waals surface area contributed by atoms with Gasteiger partial charge in [-0.2, -0.15) is 0 Å². The number of nitrogens with zero attached hydrogens (tertiary/aromatic N) is 1. The van der Waals surface area contributed by atoms with E-state index < -0.39 is 5.41 Å². The van der Waals surface area contributed by atoms with Gasteiger partial charge in [0.25, 0.3) is 0 Å². The van der Waals surface area contributed by atoms with E-state index in [-0.39, 0.29) is 5.91 Å². The molecule has 0 aliphatic carbocycles. The van der Waals surface area contributed by atoms with E-state index in [9.17, 15) is 4.79 Å². The first-order valence-electron chi connectivity index (χ1n) is 6.92. The van der Waals surface area contributed by atoms with Crippen molar-refractivity contribution in [2.45, 2.75) is 32.0 Å². The standard InChI is InChI=1S/C16H20N2OS2/c1-5-20-15-17-12(11-9-7-6-8-10-11)13(21-15)18-14(19)16(2,3)4/h6-10H,5H2,1-4H3,(H,18,19). The van der Waals surface area contributed by atoms with Crippen molar-refractivity contribution in [2.75, 3.05) is 11.1 Å². The summed E-state index contributed by atoms with van der Waals surface area (Å²) >= 11 is 3.24. The zero-order chi connectivity index (χ0) is 15.5. The third-order valence-corrected chi connectivity index (χ3v) is 4.83. The van der Waals surface area contributed by atoms with Crippen molar-refractivity contribution in [1.29, 1.82) is 0 Å². The molecule has 0 aliphatic rings. The van der Waals surface area contributed by atoms with Crippen molar-refractivity contribution in [3.63, 3.8) is 0 Å². The van der Waals surface area contributed by atoms with E-state index in [1.54, 1.807) is 23.1 Å². The SMILES string of the molecule is CCSc1nc(-c2ccccc2)c(NC(=O)C(C)(C)C)s1. The number of rotatable bonds is 4. The lowest BCUT2D eigenvalue weighted by Crippen LogP contribution is -2.27. The normalized spacial score (nSPS) is 11.4. The van der Waals surface area contributed by atoms with E-state index in [2.05, 4.69) is 17.2 Å². The van der Waals surface area contributed by atoms with Gasteiger partial charge in [-0.25, -0.2) is 4.98 Å². The van der Waals surface area contributed by atoms with Crippen LogP contribution in [0.15, 0.2) is 34.7 Å². The van der Waals surface area contributed by atoms with Crippen LogP contribution in [-0.4, -0.2) is 16.6 Å². The second-order valence-electron chi connectivity index (χ2n) is 5.66. The van der Waals surface area contributed by atoms with Crippen LogP contribution in [0, 0.1) is 5.41 Å². The smallest absolute Gasteiger partial charge is 0.230 e. The first-order chi connectivity index (χ1) is 9.91. The molecule has 0 spiro atoms. The van der Waals surface area contributed by atoms with Gasteiger partial charge >= 0.3 is 0 Å². The summed E-state index contributed by atoms with van der Waals surface area (Å²) in [6.45, 7) is 7.83. The number of thioether (sulfide) groups is 1. The summed E-state index contributed by atoms with van der Waals surface area (Å²) in [5.41, 5.74) is 1.46. The quantitative estimate of drug-likeness (QED) is 0.814. The third kappa shape index (κ3) is 4.08. The van der Waals surface area contributed by atoms with Crippen molar-refractivity contribution >= 4 is 34.0 Å². The van der Waals surface area contributed by atoms with E-state index in [0.29, 0.717) is 0 Å². The maximum absolute atomic E-state index is 12.2. The Hall–Kier alpha value is -1.33. The molecule has 1 N–H and O–H groups in total. The van der Waals surface area contributed by atoms with E-state index in [1.165, 1.54) is 0 Å². The number of hydrogen-bond donors (Lipinski definition) is 1. The van der Waals surface area contributed by atoms with Gasteiger partial charge in [-0.3, -0.25) is 4.79 Å². The molecule has 3 nitrogen and oxygen atoms in total. The number of amides is 1. The highest BCUT2D eigenvalue weighted by Crippen LogP contribution is 2.38. The molecular weight excluding hydrogens is 300 g/mol. The molecule has 1 aromatic heterocycles. The van der Waals surface area contributed by atoms with Gasteiger partial charge in [0.1, 0.15) is 10.7 Å². The summed E-state index contributed by atoms with van der Waals surface area (Å²) in [6, 6.07) is 9.97. The van der Waals surface area contributed by atoms with Crippen LogP contribution in [0.1, 0.15) is 27.7 Å². The number of benzene rings is 1. The van der Waals surface area contributed by atoms with Crippen LogP contribution in [-0.2, 0) is 4.79 Å². The van der Waals surface area contributed by atoms with E-state index in [4.69, 9.17) is 0 Å². The lowest BCUT2D eigenvalue weighted by molar-refractivity contribution is -0.123. The predicted octanol–water partition coefficient (Wildman–Crippen LogP) is 4.91. The highest BCUT2D eigenvalue weighted by molar-refractivity contribution is 8.01. The van der Waals surface area contributed by atoms with Crippen LogP contribution >= 0.6 is 23.1 Å². The Morgan fingerprint density at radius 1 is 1.29 bits per heavy atom. The second kappa shape index (κ2) is 6.62. The molecule has 112 valence electrons. The van der Waals surface area contributed by atoms with Gasteiger partial charge < -0.3 is 5.32 Å². The number of aromatic nitrogens is 1. The Bertz CT molecular complexity index is 615. The molecule has 1 aromatic carbocycles. The number of thiazole rings is 1. The van der Waals surface area contributed by atoms with Gasteiger partial charge in [-0.15, -0.1) is 0 Å². The Morgan fingerprint density at radius 2 is 1.95 bits per heavy atom. The summed E-state index contributed by atoms with van der Waals surface area (Å²) in [5.74, 6) is 0.977. The largest absolute Gasteiger partial charge is 0.315 e. The zero-order valence-corrected chi connectivity index (χ0v) is 14.4. The molecule has 2 rings (SSSR count). The van der Waals surface area contributed by atoms with Gasteiger partial charge in [0, 0.05) is 11.0 Å². The molecule has 0 radical (unpaired) electrons. The second-order valence-corrected chi connectivity index (χ2v) is 8.17. The molecular formula is C16H20N2OS2.